The second-order valence-corrected chi connectivity index (χ2v) is 11.9. The van der Waals surface area contributed by atoms with Gasteiger partial charge in [0.15, 0.2) is 0 Å². The summed E-state index contributed by atoms with van der Waals surface area (Å²) in [5.74, 6) is 3.40. The van der Waals surface area contributed by atoms with Gasteiger partial charge in [-0.05, 0) is 72.3 Å². The fourth-order valence-corrected chi connectivity index (χ4v) is 7.68. The minimum Gasteiger partial charge on any atom is -0.508 e. The lowest BCUT2D eigenvalue weighted by Crippen LogP contribution is -2.48. The number of phenolic OH excluding ortho intramolecular Hbond substituents is 1. The summed E-state index contributed by atoms with van der Waals surface area (Å²) in [6.45, 7) is 7.72. The minimum atomic E-state index is 0.197. The second kappa shape index (κ2) is 10.1. The van der Waals surface area contributed by atoms with Gasteiger partial charge >= 0.3 is 0 Å². The van der Waals surface area contributed by atoms with Crippen molar-refractivity contribution >= 4 is 5.69 Å². The molecule has 2 aliphatic heterocycles. The smallest absolute Gasteiger partial charge is 0.126 e. The standard InChI is InChI=1S/C34H41NO2/c1-3-24(4-2)27-21-34(22-27)16-18-35(19-17-34)28-12-10-26(11-13-28)33-30-15-14-29(36)20-32(30)37-23-31(33)25-8-6-5-7-9-25/h5-15,20,24,27,31,33,36H,3-4,16-19,21-23H2,1-2H3. The van der Waals surface area contributed by atoms with Gasteiger partial charge in [-0.1, -0.05) is 75.2 Å². The Balaban J connectivity index is 1.19. The number of phenols is 1. The van der Waals surface area contributed by atoms with Crippen LogP contribution < -0.4 is 9.64 Å². The normalized spacial score (nSPS) is 22.9. The predicted octanol–water partition coefficient (Wildman–Crippen LogP) is 8.13. The van der Waals surface area contributed by atoms with Crippen LogP contribution in [-0.2, 0) is 0 Å². The lowest BCUT2D eigenvalue weighted by Gasteiger charge is -2.55. The third kappa shape index (κ3) is 4.62. The Hall–Kier alpha value is -2.94. The van der Waals surface area contributed by atoms with E-state index in [9.17, 15) is 5.11 Å². The Kier molecular flexibility index (Phi) is 6.65. The maximum absolute atomic E-state index is 10.0. The topological polar surface area (TPSA) is 32.7 Å². The fourth-order valence-electron chi connectivity index (χ4n) is 7.68. The van der Waals surface area contributed by atoms with Crippen molar-refractivity contribution in [2.45, 2.75) is 64.2 Å². The molecule has 1 N–H and O–H groups in total. The summed E-state index contributed by atoms with van der Waals surface area (Å²) < 4.78 is 6.15. The predicted molar refractivity (Wildman–Crippen MR) is 152 cm³/mol. The van der Waals surface area contributed by atoms with Crippen LogP contribution in [0.3, 0.4) is 0 Å². The van der Waals surface area contributed by atoms with Crippen molar-refractivity contribution in [1.29, 1.82) is 0 Å². The van der Waals surface area contributed by atoms with Crippen LogP contribution in [0.1, 0.15) is 80.9 Å². The maximum Gasteiger partial charge on any atom is 0.126 e. The Morgan fingerprint density at radius 2 is 1.59 bits per heavy atom. The van der Waals surface area contributed by atoms with E-state index in [1.54, 1.807) is 12.1 Å². The second-order valence-electron chi connectivity index (χ2n) is 11.9. The third-order valence-corrected chi connectivity index (χ3v) is 9.93. The number of hydrogen-bond acceptors (Lipinski definition) is 3. The third-order valence-electron chi connectivity index (χ3n) is 9.93. The zero-order valence-electron chi connectivity index (χ0n) is 22.4. The zero-order chi connectivity index (χ0) is 25.4. The van der Waals surface area contributed by atoms with E-state index >= 15 is 0 Å². The highest BCUT2D eigenvalue weighted by Gasteiger charge is 2.47. The molecule has 37 heavy (non-hydrogen) atoms. The van der Waals surface area contributed by atoms with Gasteiger partial charge in [0.2, 0.25) is 0 Å². The minimum absolute atomic E-state index is 0.197. The van der Waals surface area contributed by atoms with Crippen LogP contribution in [0.4, 0.5) is 5.69 Å². The molecule has 3 aliphatic rings. The summed E-state index contributed by atoms with van der Waals surface area (Å²) in [6.07, 6.45) is 8.31. The molecular formula is C34H41NO2. The van der Waals surface area contributed by atoms with E-state index < -0.39 is 0 Å². The molecule has 1 saturated heterocycles. The summed E-state index contributed by atoms with van der Waals surface area (Å²) in [7, 11) is 0. The van der Waals surface area contributed by atoms with Gasteiger partial charge in [0.1, 0.15) is 11.5 Å². The lowest BCUT2D eigenvalue weighted by atomic mass is 9.54. The van der Waals surface area contributed by atoms with E-state index in [2.05, 4.69) is 73.3 Å². The van der Waals surface area contributed by atoms with Crippen molar-refractivity contribution in [3.05, 3.63) is 89.5 Å². The van der Waals surface area contributed by atoms with Gasteiger partial charge in [-0.2, -0.15) is 0 Å². The molecule has 0 radical (unpaired) electrons. The number of anilines is 1. The van der Waals surface area contributed by atoms with Crippen molar-refractivity contribution in [3.63, 3.8) is 0 Å². The number of benzene rings is 3. The number of piperidine rings is 1. The van der Waals surface area contributed by atoms with Gasteiger partial charge in [-0.15, -0.1) is 0 Å². The average molecular weight is 496 g/mol. The van der Waals surface area contributed by atoms with Crippen LogP contribution in [0.25, 0.3) is 0 Å². The fraction of sp³-hybridized carbons (Fsp3) is 0.471. The lowest BCUT2D eigenvalue weighted by molar-refractivity contribution is -0.00730. The molecule has 194 valence electrons. The molecule has 2 unspecified atom stereocenters. The monoisotopic (exact) mass is 495 g/mol. The number of nitrogens with zero attached hydrogens (tertiary/aromatic N) is 1. The van der Waals surface area contributed by atoms with Crippen LogP contribution >= 0.6 is 0 Å². The molecule has 6 rings (SSSR count). The van der Waals surface area contributed by atoms with Crippen LogP contribution in [0.15, 0.2) is 72.8 Å². The molecule has 2 fully saturated rings. The van der Waals surface area contributed by atoms with Crippen molar-refractivity contribution in [2.24, 2.45) is 17.3 Å². The van der Waals surface area contributed by atoms with Gasteiger partial charge in [0.05, 0.1) is 6.61 Å². The molecule has 1 spiro atoms. The van der Waals surface area contributed by atoms with Crippen LogP contribution in [0.5, 0.6) is 11.5 Å². The molecular weight excluding hydrogens is 454 g/mol. The Labute approximate surface area is 222 Å². The van der Waals surface area contributed by atoms with E-state index in [1.807, 2.05) is 6.07 Å². The van der Waals surface area contributed by atoms with E-state index in [1.165, 1.54) is 68.4 Å². The highest BCUT2D eigenvalue weighted by Crippen LogP contribution is 2.56. The van der Waals surface area contributed by atoms with E-state index in [0.717, 1.165) is 23.1 Å². The van der Waals surface area contributed by atoms with Crippen molar-refractivity contribution in [1.82, 2.24) is 0 Å². The molecule has 0 bridgehead atoms. The quantitative estimate of drug-likeness (QED) is 0.375. The van der Waals surface area contributed by atoms with Gasteiger partial charge in [0, 0.05) is 42.2 Å². The summed E-state index contributed by atoms with van der Waals surface area (Å²) in [5.41, 5.74) is 5.74. The van der Waals surface area contributed by atoms with E-state index in [0.29, 0.717) is 12.0 Å². The van der Waals surface area contributed by atoms with Gasteiger partial charge < -0.3 is 14.7 Å². The first-order valence-corrected chi connectivity index (χ1v) is 14.4. The van der Waals surface area contributed by atoms with Gasteiger partial charge in [0.25, 0.3) is 0 Å². The zero-order valence-corrected chi connectivity index (χ0v) is 22.4. The number of hydrogen-bond donors (Lipinski definition) is 1. The Morgan fingerprint density at radius 3 is 2.27 bits per heavy atom. The van der Waals surface area contributed by atoms with Crippen LogP contribution in [0.2, 0.25) is 0 Å². The van der Waals surface area contributed by atoms with Crippen LogP contribution in [-0.4, -0.2) is 24.8 Å². The van der Waals surface area contributed by atoms with Crippen molar-refractivity contribution in [3.8, 4) is 11.5 Å². The molecule has 3 aromatic rings. The summed E-state index contributed by atoms with van der Waals surface area (Å²) >= 11 is 0. The Morgan fingerprint density at radius 1 is 0.892 bits per heavy atom. The molecule has 3 nitrogen and oxygen atoms in total. The van der Waals surface area contributed by atoms with E-state index in [-0.39, 0.29) is 17.6 Å². The summed E-state index contributed by atoms with van der Waals surface area (Å²) in [4.78, 5) is 2.60. The molecule has 2 atom stereocenters. The molecule has 0 amide bonds. The average Bonchev–Trinajstić information content (AvgIpc) is 2.93. The first-order valence-electron chi connectivity index (χ1n) is 14.4. The van der Waals surface area contributed by atoms with Gasteiger partial charge in [-0.3, -0.25) is 0 Å². The van der Waals surface area contributed by atoms with Crippen molar-refractivity contribution in [2.75, 3.05) is 24.6 Å². The number of fused-ring (bicyclic) bond motifs is 1. The number of aromatic hydroxyl groups is 1. The number of rotatable bonds is 6. The van der Waals surface area contributed by atoms with Gasteiger partial charge in [-0.25, -0.2) is 0 Å². The summed E-state index contributed by atoms with van der Waals surface area (Å²) in [5, 5.41) is 10.0. The summed E-state index contributed by atoms with van der Waals surface area (Å²) in [6, 6.07) is 25.6. The highest BCUT2D eigenvalue weighted by molar-refractivity contribution is 5.54. The first kappa shape index (κ1) is 24.4. The first-order chi connectivity index (χ1) is 18.1. The molecule has 1 saturated carbocycles. The Bertz CT molecular complexity index is 1180. The number of ether oxygens (including phenoxy) is 1. The molecule has 2 heterocycles. The van der Waals surface area contributed by atoms with E-state index in [4.69, 9.17) is 4.74 Å². The molecule has 3 heteroatoms. The largest absolute Gasteiger partial charge is 0.508 e. The SMILES string of the molecule is CCC(CC)C1CC2(CCN(c3ccc(C4c5ccc(O)cc5OCC4c4ccccc4)cc3)CC2)C1. The molecule has 0 aromatic heterocycles. The van der Waals surface area contributed by atoms with Crippen molar-refractivity contribution < 1.29 is 9.84 Å². The van der Waals surface area contributed by atoms with Crippen LogP contribution in [0, 0.1) is 17.3 Å². The molecule has 1 aliphatic carbocycles. The molecule has 3 aromatic carbocycles. The highest BCUT2D eigenvalue weighted by atomic mass is 16.5. The maximum atomic E-state index is 10.0.